The number of amides is 3. The molecule has 2 aromatic carbocycles. The molecule has 1 saturated carbocycles. The lowest BCUT2D eigenvalue weighted by atomic mass is 9.98. The minimum Gasteiger partial charge on any atom is -0.335 e. The molecule has 1 saturated heterocycles. The average molecular weight is 486 g/mol. The van der Waals surface area contributed by atoms with Gasteiger partial charge in [-0.3, -0.25) is 19.3 Å². The smallest absolute Gasteiger partial charge is 0.335 e. The number of hydrogen-bond donors (Lipinski definition) is 0. The zero-order chi connectivity index (χ0) is 25.0. The highest BCUT2D eigenvalue weighted by atomic mass is 19.4. The van der Waals surface area contributed by atoms with Crippen LogP contribution in [0.4, 0.5) is 18.9 Å². The minimum absolute atomic E-state index is 0.0503. The molecule has 6 nitrogen and oxygen atoms in total. The van der Waals surface area contributed by atoms with Crippen molar-refractivity contribution in [2.24, 2.45) is 0 Å². The van der Waals surface area contributed by atoms with Crippen LogP contribution in [0.25, 0.3) is 0 Å². The highest BCUT2D eigenvalue weighted by Gasteiger charge is 2.53. The van der Waals surface area contributed by atoms with Gasteiger partial charge in [-0.15, -0.1) is 0 Å². The van der Waals surface area contributed by atoms with Crippen LogP contribution in [0.15, 0.2) is 48.5 Å². The molecule has 184 valence electrons. The van der Waals surface area contributed by atoms with Crippen molar-refractivity contribution in [1.29, 1.82) is 0 Å². The number of anilines is 1. The van der Waals surface area contributed by atoms with Crippen molar-refractivity contribution in [2.45, 2.75) is 63.5 Å². The monoisotopic (exact) mass is 485 g/mol. The SMILES string of the molecule is CC12CCC(=O)N1c1ccccc1C(=O)N2CCC(=O)N(Cc1ccc(C(F)(F)F)cc1)C1CC1. The number of benzene rings is 2. The number of carbonyl (C=O) groups is 3. The van der Waals surface area contributed by atoms with Crippen LogP contribution in [0.5, 0.6) is 0 Å². The summed E-state index contributed by atoms with van der Waals surface area (Å²) in [5.41, 5.74) is 0.114. The second-order valence-corrected chi connectivity index (χ2v) is 9.62. The first kappa shape index (κ1) is 23.4. The highest BCUT2D eigenvalue weighted by Crippen LogP contribution is 2.44. The summed E-state index contributed by atoms with van der Waals surface area (Å²) in [6.07, 6.45) is -1.83. The zero-order valence-corrected chi connectivity index (χ0v) is 19.3. The van der Waals surface area contributed by atoms with Crippen molar-refractivity contribution in [3.8, 4) is 0 Å². The van der Waals surface area contributed by atoms with Crippen LogP contribution < -0.4 is 4.90 Å². The van der Waals surface area contributed by atoms with E-state index in [0.717, 1.165) is 25.0 Å². The van der Waals surface area contributed by atoms with Gasteiger partial charge in [-0.05, 0) is 56.0 Å². The topological polar surface area (TPSA) is 60.9 Å². The largest absolute Gasteiger partial charge is 0.416 e. The third kappa shape index (κ3) is 4.17. The fourth-order valence-electron chi connectivity index (χ4n) is 5.20. The number of para-hydroxylation sites is 1. The quantitative estimate of drug-likeness (QED) is 0.602. The van der Waals surface area contributed by atoms with Gasteiger partial charge in [0.15, 0.2) is 0 Å². The van der Waals surface area contributed by atoms with E-state index in [1.807, 2.05) is 6.92 Å². The molecule has 1 aliphatic carbocycles. The maximum absolute atomic E-state index is 13.4. The molecule has 9 heteroatoms. The molecule has 5 rings (SSSR count). The lowest BCUT2D eigenvalue weighted by Crippen LogP contribution is -2.62. The summed E-state index contributed by atoms with van der Waals surface area (Å²) in [5, 5.41) is 0. The molecule has 0 spiro atoms. The molecule has 0 N–H and O–H groups in total. The van der Waals surface area contributed by atoms with Crippen molar-refractivity contribution < 1.29 is 27.6 Å². The van der Waals surface area contributed by atoms with E-state index < -0.39 is 17.4 Å². The van der Waals surface area contributed by atoms with Crippen molar-refractivity contribution in [3.05, 3.63) is 65.2 Å². The summed E-state index contributed by atoms with van der Waals surface area (Å²) in [6.45, 7) is 2.24. The number of alkyl halides is 3. The lowest BCUT2D eigenvalue weighted by Gasteiger charge is -2.48. The first-order valence-corrected chi connectivity index (χ1v) is 11.8. The molecule has 1 unspecified atom stereocenters. The van der Waals surface area contributed by atoms with Gasteiger partial charge < -0.3 is 9.80 Å². The van der Waals surface area contributed by atoms with Gasteiger partial charge in [0.05, 0.1) is 16.8 Å². The van der Waals surface area contributed by atoms with Crippen molar-refractivity contribution in [2.75, 3.05) is 11.4 Å². The second-order valence-electron chi connectivity index (χ2n) is 9.62. The van der Waals surface area contributed by atoms with Crippen molar-refractivity contribution >= 4 is 23.4 Å². The maximum atomic E-state index is 13.4. The van der Waals surface area contributed by atoms with Gasteiger partial charge in [-0.1, -0.05) is 24.3 Å². The van der Waals surface area contributed by atoms with Crippen LogP contribution in [0.3, 0.4) is 0 Å². The molecular weight excluding hydrogens is 459 g/mol. The van der Waals surface area contributed by atoms with E-state index in [-0.39, 0.29) is 43.3 Å². The third-order valence-corrected chi connectivity index (χ3v) is 7.24. The van der Waals surface area contributed by atoms with E-state index in [2.05, 4.69) is 0 Å². The molecule has 0 aromatic heterocycles. The average Bonchev–Trinajstić information content (AvgIpc) is 3.61. The zero-order valence-electron chi connectivity index (χ0n) is 19.3. The predicted molar refractivity (Wildman–Crippen MR) is 122 cm³/mol. The first-order valence-electron chi connectivity index (χ1n) is 11.8. The Hall–Kier alpha value is -3.36. The number of fused-ring (bicyclic) bond motifs is 3. The molecule has 3 aliphatic rings. The molecule has 3 amide bonds. The summed E-state index contributed by atoms with van der Waals surface area (Å²) >= 11 is 0. The van der Waals surface area contributed by atoms with E-state index in [1.165, 1.54) is 12.1 Å². The van der Waals surface area contributed by atoms with Gasteiger partial charge in [-0.25, -0.2) is 0 Å². The van der Waals surface area contributed by atoms with Crippen LogP contribution in [0.1, 0.15) is 60.5 Å². The molecule has 35 heavy (non-hydrogen) atoms. The van der Waals surface area contributed by atoms with E-state index in [0.29, 0.717) is 29.7 Å². The van der Waals surface area contributed by atoms with Crippen LogP contribution in [-0.2, 0) is 22.3 Å². The van der Waals surface area contributed by atoms with Gasteiger partial charge in [0.1, 0.15) is 5.66 Å². The Labute approximate surface area is 201 Å². The van der Waals surface area contributed by atoms with Crippen LogP contribution >= 0.6 is 0 Å². The Morgan fingerprint density at radius 1 is 1.09 bits per heavy atom. The van der Waals surface area contributed by atoms with Crippen LogP contribution in [-0.4, -0.2) is 45.8 Å². The van der Waals surface area contributed by atoms with Gasteiger partial charge in [0.2, 0.25) is 11.8 Å². The minimum atomic E-state index is -4.41. The Balaban J connectivity index is 1.32. The van der Waals surface area contributed by atoms with Gasteiger partial charge in [0.25, 0.3) is 5.91 Å². The Bertz CT molecular complexity index is 1180. The Morgan fingerprint density at radius 3 is 2.43 bits per heavy atom. The first-order chi connectivity index (χ1) is 16.6. The molecule has 0 bridgehead atoms. The van der Waals surface area contributed by atoms with Crippen LogP contribution in [0.2, 0.25) is 0 Å². The number of nitrogens with zero attached hydrogens (tertiary/aromatic N) is 3. The summed E-state index contributed by atoms with van der Waals surface area (Å²) in [4.78, 5) is 44.3. The standard InChI is InChI=1S/C26H26F3N3O3/c1-25-14-12-23(34)32(25)21-5-3-2-4-20(21)24(35)31(25)15-13-22(33)30(19-10-11-19)16-17-6-8-18(9-7-17)26(27,28)29/h2-9,19H,10-16H2,1H3. The fourth-order valence-corrected chi connectivity index (χ4v) is 5.20. The number of hydrogen-bond acceptors (Lipinski definition) is 3. The van der Waals surface area contributed by atoms with E-state index in [4.69, 9.17) is 0 Å². The van der Waals surface area contributed by atoms with Gasteiger partial charge in [0, 0.05) is 32.0 Å². The summed E-state index contributed by atoms with van der Waals surface area (Å²) in [7, 11) is 0. The molecule has 2 aliphatic heterocycles. The van der Waals surface area contributed by atoms with E-state index >= 15 is 0 Å². The van der Waals surface area contributed by atoms with Crippen molar-refractivity contribution in [3.63, 3.8) is 0 Å². The van der Waals surface area contributed by atoms with Crippen LogP contribution in [0, 0.1) is 0 Å². The summed E-state index contributed by atoms with van der Waals surface area (Å²) in [5.74, 6) is -0.410. The van der Waals surface area contributed by atoms with E-state index in [1.54, 1.807) is 39.0 Å². The number of halogens is 3. The van der Waals surface area contributed by atoms with Crippen molar-refractivity contribution in [1.82, 2.24) is 9.80 Å². The molecule has 2 fully saturated rings. The third-order valence-electron chi connectivity index (χ3n) is 7.24. The van der Waals surface area contributed by atoms with Gasteiger partial charge >= 0.3 is 6.18 Å². The second kappa shape index (κ2) is 8.39. The fraction of sp³-hybridized carbons (Fsp3) is 0.423. The summed E-state index contributed by atoms with van der Waals surface area (Å²) in [6, 6.07) is 11.9. The van der Waals surface area contributed by atoms with E-state index in [9.17, 15) is 27.6 Å². The lowest BCUT2D eigenvalue weighted by molar-refractivity contribution is -0.137. The highest BCUT2D eigenvalue weighted by molar-refractivity contribution is 6.10. The molecule has 2 aromatic rings. The Morgan fingerprint density at radius 2 is 1.77 bits per heavy atom. The normalized spacial score (nSPS) is 21.7. The molecule has 2 heterocycles. The van der Waals surface area contributed by atoms with Gasteiger partial charge in [-0.2, -0.15) is 13.2 Å². The Kier molecular flexibility index (Phi) is 5.61. The maximum Gasteiger partial charge on any atom is 0.416 e. The molecule has 0 radical (unpaired) electrons. The summed E-state index contributed by atoms with van der Waals surface area (Å²) < 4.78 is 38.6. The molecular formula is C26H26F3N3O3. The predicted octanol–water partition coefficient (Wildman–Crippen LogP) is 4.59. The number of carbonyl (C=O) groups excluding carboxylic acids is 3. The molecule has 1 atom stereocenters. The number of rotatable bonds is 6.